The van der Waals surface area contributed by atoms with E-state index >= 15 is 0 Å². The SMILES string of the molecule is Cc1cc(C(=O)O)nn1Cc1cc(Cl)ccc1Cl. The second-order valence-electron chi connectivity index (χ2n) is 3.87. The molecule has 2 aromatic rings. The van der Waals surface area contributed by atoms with Gasteiger partial charge in [0, 0.05) is 15.7 Å². The van der Waals surface area contributed by atoms with E-state index in [1.807, 2.05) is 0 Å². The van der Waals surface area contributed by atoms with Crippen LogP contribution in [0.1, 0.15) is 21.7 Å². The molecule has 0 bridgehead atoms. The zero-order valence-corrected chi connectivity index (χ0v) is 11.0. The molecule has 1 heterocycles. The van der Waals surface area contributed by atoms with Gasteiger partial charge in [0.2, 0.25) is 0 Å². The predicted molar refractivity (Wildman–Crippen MR) is 69.5 cm³/mol. The third-order valence-corrected chi connectivity index (χ3v) is 3.13. The zero-order chi connectivity index (χ0) is 13.3. The summed E-state index contributed by atoms with van der Waals surface area (Å²) in [5.41, 5.74) is 1.57. The van der Waals surface area contributed by atoms with Crippen LogP contribution in [0, 0.1) is 6.92 Å². The lowest BCUT2D eigenvalue weighted by atomic mass is 10.2. The minimum atomic E-state index is -1.05. The first-order chi connectivity index (χ1) is 8.47. The molecule has 94 valence electrons. The minimum Gasteiger partial charge on any atom is -0.476 e. The standard InChI is InChI=1S/C12H10Cl2N2O2/c1-7-4-11(12(17)18)15-16(7)6-8-5-9(13)2-3-10(8)14/h2-5H,6H2,1H3,(H,17,18). The number of aromatic nitrogens is 2. The van der Waals surface area contributed by atoms with E-state index in [-0.39, 0.29) is 5.69 Å². The van der Waals surface area contributed by atoms with E-state index in [4.69, 9.17) is 28.3 Å². The number of hydrogen-bond acceptors (Lipinski definition) is 2. The quantitative estimate of drug-likeness (QED) is 0.941. The first-order valence-electron chi connectivity index (χ1n) is 5.19. The van der Waals surface area contributed by atoms with Gasteiger partial charge in [0.25, 0.3) is 0 Å². The summed E-state index contributed by atoms with van der Waals surface area (Å²) >= 11 is 11.9. The Labute approximate surface area is 114 Å². The molecule has 0 saturated heterocycles. The van der Waals surface area contributed by atoms with Gasteiger partial charge in [0.1, 0.15) is 0 Å². The first kappa shape index (κ1) is 12.9. The molecule has 4 nitrogen and oxygen atoms in total. The maximum atomic E-state index is 10.8. The van der Waals surface area contributed by atoms with Crippen molar-refractivity contribution in [3.63, 3.8) is 0 Å². The fourth-order valence-electron chi connectivity index (χ4n) is 1.60. The third kappa shape index (κ3) is 2.66. The van der Waals surface area contributed by atoms with Crippen LogP contribution in [0.15, 0.2) is 24.3 Å². The van der Waals surface area contributed by atoms with Gasteiger partial charge in [-0.05, 0) is 36.8 Å². The molecular weight excluding hydrogens is 275 g/mol. The van der Waals surface area contributed by atoms with Crippen molar-refractivity contribution < 1.29 is 9.90 Å². The van der Waals surface area contributed by atoms with Gasteiger partial charge in [0.15, 0.2) is 5.69 Å². The number of carboxylic acids is 1. The summed E-state index contributed by atoms with van der Waals surface area (Å²) in [6, 6.07) is 6.66. The topological polar surface area (TPSA) is 55.1 Å². The highest BCUT2D eigenvalue weighted by molar-refractivity contribution is 6.33. The molecule has 0 aliphatic carbocycles. The van der Waals surface area contributed by atoms with Gasteiger partial charge < -0.3 is 5.11 Å². The molecule has 0 radical (unpaired) electrons. The van der Waals surface area contributed by atoms with Crippen molar-refractivity contribution in [1.82, 2.24) is 9.78 Å². The second-order valence-corrected chi connectivity index (χ2v) is 4.71. The van der Waals surface area contributed by atoms with Crippen molar-refractivity contribution in [2.24, 2.45) is 0 Å². The summed E-state index contributed by atoms with van der Waals surface area (Å²) in [6.45, 7) is 2.18. The van der Waals surface area contributed by atoms with Crippen LogP contribution in [0.4, 0.5) is 0 Å². The average Bonchev–Trinajstić information content (AvgIpc) is 2.66. The van der Waals surface area contributed by atoms with Crippen molar-refractivity contribution >= 4 is 29.2 Å². The fraction of sp³-hybridized carbons (Fsp3) is 0.167. The fourth-order valence-corrected chi connectivity index (χ4v) is 1.97. The lowest BCUT2D eigenvalue weighted by Gasteiger charge is -2.07. The summed E-state index contributed by atoms with van der Waals surface area (Å²) in [5, 5.41) is 14.0. The highest BCUT2D eigenvalue weighted by Gasteiger charge is 2.11. The molecule has 18 heavy (non-hydrogen) atoms. The normalized spacial score (nSPS) is 10.6. The van der Waals surface area contributed by atoms with E-state index in [9.17, 15) is 4.79 Å². The van der Waals surface area contributed by atoms with Gasteiger partial charge in [-0.3, -0.25) is 4.68 Å². The summed E-state index contributed by atoms with van der Waals surface area (Å²) in [7, 11) is 0. The summed E-state index contributed by atoms with van der Waals surface area (Å²) in [4.78, 5) is 10.8. The molecule has 2 rings (SSSR count). The molecule has 6 heteroatoms. The number of aromatic carboxylic acids is 1. The molecule has 0 fully saturated rings. The predicted octanol–water partition coefficient (Wildman–Crippen LogP) is 3.24. The van der Waals surface area contributed by atoms with E-state index in [1.165, 1.54) is 6.07 Å². The summed E-state index contributed by atoms with van der Waals surface area (Å²) < 4.78 is 1.58. The van der Waals surface area contributed by atoms with E-state index in [0.29, 0.717) is 16.6 Å². The molecular formula is C12H10Cl2N2O2. The van der Waals surface area contributed by atoms with Gasteiger partial charge in [0.05, 0.1) is 6.54 Å². The summed E-state index contributed by atoms with van der Waals surface area (Å²) in [6.07, 6.45) is 0. The number of benzene rings is 1. The van der Waals surface area contributed by atoms with Crippen LogP contribution in [0.2, 0.25) is 10.0 Å². The van der Waals surface area contributed by atoms with E-state index in [1.54, 1.807) is 29.8 Å². The molecule has 0 aliphatic rings. The smallest absolute Gasteiger partial charge is 0.356 e. The molecule has 1 aromatic heterocycles. The van der Waals surface area contributed by atoms with Crippen molar-refractivity contribution in [2.75, 3.05) is 0 Å². The van der Waals surface area contributed by atoms with Crippen molar-refractivity contribution in [1.29, 1.82) is 0 Å². The lowest BCUT2D eigenvalue weighted by molar-refractivity contribution is 0.0689. The Morgan fingerprint density at radius 3 is 2.72 bits per heavy atom. The average molecular weight is 285 g/mol. The van der Waals surface area contributed by atoms with E-state index < -0.39 is 5.97 Å². The number of aryl methyl sites for hydroxylation is 1. The maximum Gasteiger partial charge on any atom is 0.356 e. The zero-order valence-electron chi connectivity index (χ0n) is 9.52. The molecule has 0 atom stereocenters. The number of hydrogen-bond donors (Lipinski definition) is 1. The molecule has 1 N–H and O–H groups in total. The van der Waals surface area contributed by atoms with Crippen molar-refractivity contribution in [3.05, 3.63) is 51.3 Å². The molecule has 0 amide bonds. The van der Waals surface area contributed by atoms with Crippen LogP contribution in [0.3, 0.4) is 0 Å². The molecule has 0 unspecified atom stereocenters. The number of rotatable bonds is 3. The largest absolute Gasteiger partial charge is 0.476 e. The number of nitrogens with zero attached hydrogens (tertiary/aromatic N) is 2. The molecule has 0 saturated carbocycles. The minimum absolute atomic E-state index is 0.0191. The Morgan fingerprint density at radius 2 is 2.11 bits per heavy atom. The highest BCUT2D eigenvalue weighted by Crippen LogP contribution is 2.22. The van der Waals surface area contributed by atoms with Crippen LogP contribution in [-0.2, 0) is 6.54 Å². The van der Waals surface area contributed by atoms with Crippen LogP contribution >= 0.6 is 23.2 Å². The first-order valence-corrected chi connectivity index (χ1v) is 5.94. The summed E-state index contributed by atoms with van der Waals surface area (Å²) in [5.74, 6) is -1.05. The Morgan fingerprint density at radius 1 is 1.39 bits per heavy atom. The van der Waals surface area contributed by atoms with Gasteiger partial charge in [-0.1, -0.05) is 23.2 Å². The molecule has 1 aromatic carbocycles. The number of carboxylic acid groups (broad SMARTS) is 1. The van der Waals surface area contributed by atoms with Crippen molar-refractivity contribution in [2.45, 2.75) is 13.5 Å². The van der Waals surface area contributed by atoms with Gasteiger partial charge in [-0.2, -0.15) is 5.10 Å². The monoisotopic (exact) mass is 284 g/mol. The Kier molecular flexibility index (Phi) is 3.59. The van der Waals surface area contributed by atoms with Gasteiger partial charge in [-0.25, -0.2) is 4.79 Å². The Hall–Kier alpha value is -1.52. The molecule has 0 spiro atoms. The Bertz CT molecular complexity index is 608. The van der Waals surface area contributed by atoms with Crippen LogP contribution in [0.5, 0.6) is 0 Å². The number of halogens is 2. The van der Waals surface area contributed by atoms with Gasteiger partial charge >= 0.3 is 5.97 Å². The Balaban J connectivity index is 2.34. The van der Waals surface area contributed by atoms with E-state index in [2.05, 4.69) is 5.10 Å². The lowest BCUT2D eigenvalue weighted by Crippen LogP contribution is -2.06. The van der Waals surface area contributed by atoms with Crippen LogP contribution in [-0.4, -0.2) is 20.9 Å². The highest BCUT2D eigenvalue weighted by atomic mass is 35.5. The van der Waals surface area contributed by atoms with Gasteiger partial charge in [-0.15, -0.1) is 0 Å². The second kappa shape index (κ2) is 5.00. The third-order valence-electron chi connectivity index (χ3n) is 2.53. The van der Waals surface area contributed by atoms with E-state index in [0.717, 1.165) is 11.3 Å². The van der Waals surface area contributed by atoms with Crippen molar-refractivity contribution in [3.8, 4) is 0 Å². The number of carbonyl (C=O) groups is 1. The molecule has 0 aliphatic heterocycles. The van der Waals surface area contributed by atoms with Crippen LogP contribution < -0.4 is 0 Å². The van der Waals surface area contributed by atoms with Crippen LogP contribution in [0.25, 0.3) is 0 Å². The maximum absolute atomic E-state index is 10.8.